The fraction of sp³-hybridized carbons (Fsp3) is 0.364. The number of nitrogens with one attached hydrogen (secondary N) is 1. The van der Waals surface area contributed by atoms with E-state index in [1.54, 1.807) is 6.07 Å². The molecule has 1 aliphatic heterocycles. The van der Waals surface area contributed by atoms with Crippen LogP contribution >= 0.6 is 0 Å². The van der Waals surface area contributed by atoms with Gasteiger partial charge in [-0.2, -0.15) is 5.26 Å². The molecule has 1 aromatic rings. The van der Waals surface area contributed by atoms with Crippen molar-refractivity contribution in [2.45, 2.75) is 18.4 Å². The number of anilines is 1. The molecule has 0 radical (unpaired) electrons. The Balaban J connectivity index is 2.00. The highest BCUT2D eigenvalue weighted by molar-refractivity contribution is 5.62. The number of hydrogen-bond donors (Lipinski definition) is 1. The maximum absolute atomic E-state index is 8.74. The third-order valence-electron chi connectivity index (χ3n) is 2.84. The number of hydrogen-bond acceptors (Lipinski definition) is 3. The van der Waals surface area contributed by atoms with E-state index in [0.29, 0.717) is 5.56 Å². The van der Waals surface area contributed by atoms with Gasteiger partial charge in [-0.1, -0.05) is 0 Å². The molecule has 1 aromatic carbocycles. The van der Waals surface area contributed by atoms with Crippen molar-refractivity contribution < 1.29 is 4.74 Å². The molecule has 14 heavy (non-hydrogen) atoms. The largest absolute Gasteiger partial charge is 0.483 e. The lowest BCUT2D eigenvalue weighted by Gasteiger charge is -2.27. The molecule has 0 unspecified atom stereocenters. The molecular formula is C11H10N2O. The molecule has 1 saturated carbocycles. The zero-order valence-corrected chi connectivity index (χ0v) is 7.71. The first-order valence-electron chi connectivity index (χ1n) is 4.78. The van der Waals surface area contributed by atoms with Gasteiger partial charge in [-0.15, -0.1) is 0 Å². The molecular weight excluding hydrogens is 176 g/mol. The van der Waals surface area contributed by atoms with Crippen molar-refractivity contribution in [1.29, 1.82) is 5.26 Å². The van der Waals surface area contributed by atoms with Crippen molar-refractivity contribution in [3.63, 3.8) is 0 Å². The zero-order chi connectivity index (χ0) is 9.60. The Bertz CT molecular complexity index is 429. The average molecular weight is 186 g/mol. The molecule has 1 N–H and O–H groups in total. The lowest BCUT2D eigenvalue weighted by Crippen LogP contribution is -2.32. The molecule has 0 bridgehead atoms. The van der Waals surface area contributed by atoms with Crippen molar-refractivity contribution in [2.24, 2.45) is 0 Å². The summed E-state index contributed by atoms with van der Waals surface area (Å²) in [7, 11) is 0. The maximum Gasteiger partial charge on any atom is 0.143 e. The summed E-state index contributed by atoms with van der Waals surface area (Å²) in [6.45, 7) is 0.870. The molecule has 3 nitrogen and oxygen atoms in total. The lowest BCUT2D eigenvalue weighted by atomic mass is 10.1. The highest BCUT2D eigenvalue weighted by Gasteiger charge is 2.47. The first kappa shape index (κ1) is 7.69. The summed E-state index contributed by atoms with van der Waals surface area (Å²) in [6, 6.07) is 7.62. The van der Waals surface area contributed by atoms with E-state index in [9.17, 15) is 0 Å². The lowest BCUT2D eigenvalue weighted by molar-refractivity contribution is 0.184. The first-order chi connectivity index (χ1) is 6.81. The van der Waals surface area contributed by atoms with Crippen molar-refractivity contribution >= 4 is 5.69 Å². The van der Waals surface area contributed by atoms with Gasteiger partial charge < -0.3 is 10.1 Å². The van der Waals surface area contributed by atoms with Crippen LogP contribution in [0.2, 0.25) is 0 Å². The Kier molecular flexibility index (Phi) is 1.33. The van der Waals surface area contributed by atoms with Crippen LogP contribution in [0.3, 0.4) is 0 Å². The topological polar surface area (TPSA) is 45.0 Å². The van der Waals surface area contributed by atoms with Gasteiger partial charge in [-0.25, -0.2) is 0 Å². The summed E-state index contributed by atoms with van der Waals surface area (Å²) >= 11 is 0. The Hall–Kier alpha value is -1.69. The van der Waals surface area contributed by atoms with Crippen molar-refractivity contribution in [1.82, 2.24) is 0 Å². The molecule has 0 aromatic heterocycles. The van der Waals surface area contributed by atoms with Gasteiger partial charge in [-0.05, 0) is 31.0 Å². The Morgan fingerprint density at radius 1 is 1.43 bits per heavy atom. The van der Waals surface area contributed by atoms with E-state index in [1.165, 1.54) is 0 Å². The second kappa shape index (κ2) is 2.42. The minimum atomic E-state index is 0.0706. The number of ether oxygens (including phenoxy) is 1. The quantitative estimate of drug-likeness (QED) is 0.673. The van der Waals surface area contributed by atoms with Gasteiger partial charge in [0.1, 0.15) is 11.4 Å². The normalized spacial score (nSPS) is 20.2. The number of fused-ring (bicyclic) bond motifs is 1. The van der Waals surface area contributed by atoms with Crippen LogP contribution in [0.15, 0.2) is 18.2 Å². The van der Waals surface area contributed by atoms with Crippen LogP contribution < -0.4 is 10.1 Å². The van der Waals surface area contributed by atoms with Crippen molar-refractivity contribution in [3.05, 3.63) is 23.8 Å². The maximum atomic E-state index is 8.74. The molecule has 3 rings (SSSR count). The van der Waals surface area contributed by atoms with E-state index in [1.807, 2.05) is 12.1 Å². The van der Waals surface area contributed by atoms with Gasteiger partial charge in [0.15, 0.2) is 0 Å². The molecule has 1 spiro atoms. The Morgan fingerprint density at radius 2 is 2.29 bits per heavy atom. The second-order valence-electron chi connectivity index (χ2n) is 3.96. The third kappa shape index (κ3) is 1.04. The SMILES string of the molecule is N#Cc1ccc2c(c1)NCC1(CC1)O2. The Labute approximate surface area is 82.3 Å². The van der Waals surface area contributed by atoms with Gasteiger partial charge in [0, 0.05) is 0 Å². The molecule has 0 atom stereocenters. The molecule has 1 aliphatic carbocycles. The summed E-state index contributed by atoms with van der Waals surface area (Å²) in [5.74, 6) is 0.882. The monoisotopic (exact) mass is 186 g/mol. The number of nitriles is 1. The molecule has 0 amide bonds. The Morgan fingerprint density at radius 3 is 3.00 bits per heavy atom. The fourth-order valence-corrected chi connectivity index (χ4v) is 1.77. The van der Waals surface area contributed by atoms with Gasteiger partial charge in [0.25, 0.3) is 0 Å². The van der Waals surface area contributed by atoms with Gasteiger partial charge in [0.05, 0.1) is 23.9 Å². The van der Waals surface area contributed by atoms with Crippen LogP contribution in [0, 0.1) is 11.3 Å². The molecule has 0 saturated heterocycles. The second-order valence-corrected chi connectivity index (χ2v) is 3.96. The van der Waals surface area contributed by atoms with Gasteiger partial charge in [-0.3, -0.25) is 0 Å². The number of nitrogens with zero attached hydrogens (tertiary/aromatic N) is 1. The van der Waals surface area contributed by atoms with Crippen LogP contribution in [0.1, 0.15) is 18.4 Å². The van der Waals surface area contributed by atoms with Gasteiger partial charge in [0.2, 0.25) is 0 Å². The van der Waals surface area contributed by atoms with Crippen LogP contribution in [0.4, 0.5) is 5.69 Å². The van der Waals surface area contributed by atoms with Crippen LogP contribution in [-0.2, 0) is 0 Å². The minimum absolute atomic E-state index is 0.0706. The van der Waals surface area contributed by atoms with E-state index in [2.05, 4.69) is 11.4 Å². The third-order valence-corrected chi connectivity index (χ3v) is 2.84. The highest BCUT2D eigenvalue weighted by atomic mass is 16.5. The van der Waals surface area contributed by atoms with Gasteiger partial charge >= 0.3 is 0 Å². The smallest absolute Gasteiger partial charge is 0.143 e. The summed E-state index contributed by atoms with van der Waals surface area (Å²) in [6.07, 6.45) is 2.28. The molecule has 3 heteroatoms. The summed E-state index contributed by atoms with van der Waals surface area (Å²) < 4.78 is 5.86. The average Bonchev–Trinajstić information content (AvgIpc) is 2.97. The number of rotatable bonds is 0. The number of benzene rings is 1. The first-order valence-corrected chi connectivity index (χ1v) is 4.78. The molecule has 1 heterocycles. The summed E-state index contributed by atoms with van der Waals surface area (Å²) in [5.41, 5.74) is 1.69. The predicted molar refractivity (Wildman–Crippen MR) is 52.2 cm³/mol. The molecule has 1 fully saturated rings. The van der Waals surface area contributed by atoms with Crippen molar-refractivity contribution in [3.8, 4) is 11.8 Å². The van der Waals surface area contributed by atoms with E-state index >= 15 is 0 Å². The van der Waals surface area contributed by atoms with E-state index in [-0.39, 0.29) is 5.60 Å². The van der Waals surface area contributed by atoms with Crippen LogP contribution in [-0.4, -0.2) is 12.1 Å². The summed E-state index contributed by atoms with van der Waals surface area (Å²) in [5, 5.41) is 12.0. The minimum Gasteiger partial charge on any atom is -0.483 e. The van der Waals surface area contributed by atoms with E-state index in [4.69, 9.17) is 10.00 Å². The fourth-order valence-electron chi connectivity index (χ4n) is 1.77. The van der Waals surface area contributed by atoms with E-state index in [0.717, 1.165) is 30.8 Å². The standard InChI is InChI=1S/C11H10N2O/c12-6-8-1-2-10-9(5-8)13-7-11(14-10)3-4-11/h1-2,5,13H,3-4,7H2. The molecule has 70 valence electrons. The predicted octanol–water partition coefficient (Wildman–Crippen LogP) is 1.90. The highest BCUT2D eigenvalue weighted by Crippen LogP contribution is 2.45. The van der Waals surface area contributed by atoms with Crippen molar-refractivity contribution in [2.75, 3.05) is 11.9 Å². The molecule has 2 aliphatic rings. The zero-order valence-electron chi connectivity index (χ0n) is 7.71. The summed E-state index contributed by atoms with van der Waals surface area (Å²) in [4.78, 5) is 0. The van der Waals surface area contributed by atoms with Crippen LogP contribution in [0.25, 0.3) is 0 Å². The van der Waals surface area contributed by atoms with Crippen LogP contribution in [0.5, 0.6) is 5.75 Å². The van der Waals surface area contributed by atoms with E-state index < -0.39 is 0 Å².